The van der Waals surface area contributed by atoms with Gasteiger partial charge in [0.15, 0.2) is 0 Å². The van der Waals surface area contributed by atoms with Crippen molar-refractivity contribution in [1.82, 2.24) is 9.80 Å². The Morgan fingerprint density at radius 2 is 2.31 bits per heavy atom. The first-order valence-electron chi connectivity index (χ1n) is 6.23. The molecule has 0 aromatic carbocycles. The van der Waals surface area contributed by atoms with Crippen molar-refractivity contribution >= 4 is 0 Å². The number of ether oxygens (including phenoxy) is 1. The van der Waals surface area contributed by atoms with Gasteiger partial charge in [0.05, 0.1) is 0 Å². The summed E-state index contributed by atoms with van der Waals surface area (Å²) >= 11 is 0. The lowest BCUT2D eigenvalue weighted by Crippen LogP contribution is -2.38. The van der Waals surface area contributed by atoms with E-state index in [1.807, 2.05) is 0 Å². The van der Waals surface area contributed by atoms with Gasteiger partial charge in [-0.15, -0.1) is 0 Å². The van der Waals surface area contributed by atoms with Gasteiger partial charge in [0.2, 0.25) is 0 Å². The van der Waals surface area contributed by atoms with Gasteiger partial charge in [-0.2, -0.15) is 0 Å². The number of likely N-dealkylation sites (tertiary alicyclic amines) is 1. The predicted molar refractivity (Wildman–Crippen MR) is 67.6 cm³/mol. The molecule has 1 rings (SSSR count). The van der Waals surface area contributed by atoms with E-state index in [1.54, 1.807) is 7.11 Å². The van der Waals surface area contributed by atoms with Gasteiger partial charge in [-0.25, -0.2) is 0 Å². The van der Waals surface area contributed by atoms with Crippen molar-refractivity contribution in [3.8, 4) is 0 Å². The van der Waals surface area contributed by atoms with Crippen LogP contribution < -0.4 is 5.73 Å². The smallest absolute Gasteiger partial charge is 0.0477 e. The van der Waals surface area contributed by atoms with Gasteiger partial charge in [-0.3, -0.25) is 0 Å². The van der Waals surface area contributed by atoms with Crippen LogP contribution in [0.3, 0.4) is 0 Å². The number of nitrogens with two attached hydrogens (primary N) is 1. The van der Waals surface area contributed by atoms with Crippen molar-refractivity contribution in [1.29, 1.82) is 0 Å². The van der Waals surface area contributed by atoms with Crippen LogP contribution in [0, 0.1) is 5.92 Å². The van der Waals surface area contributed by atoms with Gasteiger partial charge in [0.25, 0.3) is 0 Å². The van der Waals surface area contributed by atoms with E-state index >= 15 is 0 Å². The summed E-state index contributed by atoms with van der Waals surface area (Å²) in [5.74, 6) is 0.824. The quantitative estimate of drug-likeness (QED) is 0.679. The first-order valence-corrected chi connectivity index (χ1v) is 6.23. The molecule has 0 aliphatic carbocycles. The van der Waals surface area contributed by atoms with E-state index in [-0.39, 0.29) is 6.04 Å². The fourth-order valence-corrected chi connectivity index (χ4v) is 2.45. The summed E-state index contributed by atoms with van der Waals surface area (Å²) < 4.78 is 5.04. The summed E-state index contributed by atoms with van der Waals surface area (Å²) in [7, 11) is 6.10. The molecule has 2 N–H and O–H groups in total. The Labute approximate surface area is 99.7 Å². The first-order chi connectivity index (χ1) is 7.61. The summed E-state index contributed by atoms with van der Waals surface area (Å²) in [5, 5.41) is 0. The van der Waals surface area contributed by atoms with Crippen LogP contribution in [0.25, 0.3) is 0 Å². The highest BCUT2D eigenvalue weighted by Gasteiger charge is 2.21. The van der Waals surface area contributed by atoms with Gasteiger partial charge in [-0.05, 0) is 39.4 Å². The second-order valence-electron chi connectivity index (χ2n) is 5.18. The topological polar surface area (TPSA) is 41.7 Å². The molecule has 1 aliphatic rings. The molecular formula is C12H27N3O. The van der Waals surface area contributed by atoms with Crippen molar-refractivity contribution in [2.24, 2.45) is 11.7 Å². The summed E-state index contributed by atoms with van der Waals surface area (Å²) in [6.45, 7) is 5.39. The maximum Gasteiger partial charge on any atom is 0.0477 e. The monoisotopic (exact) mass is 229 g/mol. The minimum Gasteiger partial charge on any atom is -0.385 e. The zero-order chi connectivity index (χ0) is 12.0. The lowest BCUT2D eigenvalue weighted by molar-refractivity contribution is 0.176. The van der Waals surface area contributed by atoms with E-state index in [2.05, 4.69) is 23.9 Å². The van der Waals surface area contributed by atoms with Gasteiger partial charge < -0.3 is 20.3 Å². The average Bonchev–Trinajstić information content (AvgIpc) is 2.60. The molecule has 0 saturated carbocycles. The molecule has 1 fully saturated rings. The molecule has 0 aromatic heterocycles. The second-order valence-corrected chi connectivity index (χ2v) is 5.18. The maximum absolute atomic E-state index is 6.03. The zero-order valence-electron chi connectivity index (χ0n) is 11.0. The summed E-state index contributed by atoms with van der Waals surface area (Å²) in [5.41, 5.74) is 6.03. The Kier molecular flexibility index (Phi) is 6.28. The molecule has 0 radical (unpaired) electrons. The second kappa shape index (κ2) is 7.22. The maximum atomic E-state index is 6.03. The van der Waals surface area contributed by atoms with Gasteiger partial charge >= 0.3 is 0 Å². The molecule has 96 valence electrons. The molecule has 2 unspecified atom stereocenters. The standard InChI is InChI=1S/C12H27N3O/c1-14-6-4-11(8-14)9-15(2)10-12(13)5-7-16-3/h11-12H,4-10,13H2,1-3H3. The molecule has 0 amide bonds. The Morgan fingerprint density at radius 1 is 1.56 bits per heavy atom. The highest BCUT2D eigenvalue weighted by molar-refractivity contribution is 4.76. The summed E-state index contributed by atoms with van der Waals surface area (Å²) in [6, 6.07) is 0.240. The lowest BCUT2D eigenvalue weighted by atomic mass is 10.1. The van der Waals surface area contributed by atoms with Crippen molar-refractivity contribution < 1.29 is 4.74 Å². The minimum atomic E-state index is 0.240. The van der Waals surface area contributed by atoms with E-state index in [4.69, 9.17) is 10.5 Å². The van der Waals surface area contributed by atoms with Crippen molar-refractivity contribution in [3.63, 3.8) is 0 Å². The SMILES string of the molecule is COCCC(N)CN(C)CC1CCN(C)C1. The Morgan fingerprint density at radius 3 is 2.88 bits per heavy atom. The van der Waals surface area contributed by atoms with Crippen LogP contribution in [0.15, 0.2) is 0 Å². The third-order valence-corrected chi connectivity index (χ3v) is 3.30. The third kappa shape index (κ3) is 5.25. The molecule has 1 aliphatic heterocycles. The fourth-order valence-electron chi connectivity index (χ4n) is 2.45. The van der Waals surface area contributed by atoms with E-state index in [0.717, 1.165) is 25.5 Å². The molecule has 16 heavy (non-hydrogen) atoms. The Hall–Kier alpha value is -0.160. The molecule has 1 saturated heterocycles. The molecule has 1 heterocycles. The number of rotatable bonds is 7. The first kappa shape index (κ1) is 13.9. The van der Waals surface area contributed by atoms with E-state index in [0.29, 0.717) is 0 Å². The molecule has 4 nitrogen and oxygen atoms in total. The van der Waals surface area contributed by atoms with Gasteiger partial charge in [0.1, 0.15) is 0 Å². The van der Waals surface area contributed by atoms with Crippen LogP contribution in [-0.2, 0) is 4.74 Å². The average molecular weight is 229 g/mol. The largest absolute Gasteiger partial charge is 0.385 e. The molecule has 0 bridgehead atoms. The van der Waals surface area contributed by atoms with Crippen LogP contribution in [-0.4, -0.2) is 69.8 Å². The van der Waals surface area contributed by atoms with Crippen LogP contribution >= 0.6 is 0 Å². The molecule has 4 heteroatoms. The fraction of sp³-hybridized carbons (Fsp3) is 1.00. The minimum absolute atomic E-state index is 0.240. The molecular weight excluding hydrogens is 202 g/mol. The van der Waals surface area contributed by atoms with Gasteiger partial charge in [-0.1, -0.05) is 0 Å². The number of methoxy groups -OCH3 is 1. The highest BCUT2D eigenvalue weighted by Crippen LogP contribution is 2.15. The molecule has 0 aromatic rings. The third-order valence-electron chi connectivity index (χ3n) is 3.30. The van der Waals surface area contributed by atoms with Crippen LogP contribution in [0.4, 0.5) is 0 Å². The molecule has 0 spiro atoms. The Bertz CT molecular complexity index is 189. The van der Waals surface area contributed by atoms with Crippen molar-refractivity contribution in [3.05, 3.63) is 0 Å². The van der Waals surface area contributed by atoms with Crippen molar-refractivity contribution in [2.45, 2.75) is 18.9 Å². The Balaban J connectivity index is 2.12. The zero-order valence-corrected chi connectivity index (χ0v) is 11.0. The summed E-state index contributed by atoms with van der Waals surface area (Å²) in [6.07, 6.45) is 2.28. The van der Waals surface area contributed by atoms with Crippen molar-refractivity contribution in [2.75, 3.05) is 54.0 Å². The number of hydrogen-bond acceptors (Lipinski definition) is 4. The van der Waals surface area contributed by atoms with Crippen LogP contribution in [0.5, 0.6) is 0 Å². The van der Waals surface area contributed by atoms with E-state index in [1.165, 1.54) is 26.1 Å². The van der Waals surface area contributed by atoms with E-state index in [9.17, 15) is 0 Å². The molecule has 2 atom stereocenters. The van der Waals surface area contributed by atoms with Crippen LogP contribution in [0.1, 0.15) is 12.8 Å². The normalized spacial score (nSPS) is 24.2. The van der Waals surface area contributed by atoms with E-state index < -0.39 is 0 Å². The predicted octanol–water partition coefficient (Wildman–Crippen LogP) is 0.234. The van der Waals surface area contributed by atoms with Crippen LogP contribution in [0.2, 0.25) is 0 Å². The number of nitrogens with zero attached hydrogens (tertiary/aromatic N) is 2. The highest BCUT2D eigenvalue weighted by atomic mass is 16.5. The lowest BCUT2D eigenvalue weighted by Gasteiger charge is -2.24. The van der Waals surface area contributed by atoms with Gasteiger partial charge in [0, 0.05) is 39.4 Å². The number of likely N-dealkylation sites (N-methyl/N-ethyl adjacent to an activating group) is 1. The summed E-state index contributed by atoms with van der Waals surface area (Å²) in [4.78, 5) is 4.77. The number of hydrogen-bond donors (Lipinski definition) is 1.